The van der Waals surface area contributed by atoms with Crippen LogP contribution in [0.25, 0.3) is 0 Å². The van der Waals surface area contributed by atoms with Gasteiger partial charge in [-0.15, -0.1) is 0 Å². The van der Waals surface area contributed by atoms with Gasteiger partial charge in [-0.25, -0.2) is 0 Å². The van der Waals surface area contributed by atoms with Crippen LogP contribution in [0.1, 0.15) is 33.1 Å². The lowest BCUT2D eigenvalue weighted by molar-refractivity contribution is -0.0834. The molecule has 1 saturated heterocycles. The van der Waals surface area contributed by atoms with Crippen molar-refractivity contribution in [3.05, 3.63) is 0 Å². The predicted molar refractivity (Wildman–Crippen MR) is 53.5 cm³/mol. The summed E-state index contributed by atoms with van der Waals surface area (Å²) in [6.07, 6.45) is 3.75. The van der Waals surface area contributed by atoms with Gasteiger partial charge in [0.1, 0.15) is 0 Å². The Morgan fingerprint density at radius 2 is 1.85 bits per heavy atom. The van der Waals surface area contributed by atoms with Crippen LogP contribution in [0.2, 0.25) is 0 Å². The van der Waals surface area contributed by atoms with Gasteiger partial charge >= 0.3 is 0 Å². The first-order chi connectivity index (χ1) is 6.12. The zero-order valence-electron chi connectivity index (χ0n) is 8.71. The molecule has 1 aliphatic heterocycles. The second-order valence-corrected chi connectivity index (χ2v) is 5.17. The third-order valence-corrected chi connectivity index (χ3v) is 4.22. The molecule has 3 unspecified atom stereocenters. The van der Waals surface area contributed by atoms with E-state index in [0.717, 1.165) is 24.9 Å². The molecular formula is C11H21NO. The van der Waals surface area contributed by atoms with Gasteiger partial charge in [0, 0.05) is 13.1 Å². The molecular weight excluding hydrogens is 162 g/mol. The topological polar surface area (TPSA) is 32.3 Å². The van der Waals surface area contributed by atoms with Crippen LogP contribution in [-0.4, -0.2) is 23.8 Å². The van der Waals surface area contributed by atoms with Crippen LogP contribution in [-0.2, 0) is 0 Å². The summed E-state index contributed by atoms with van der Waals surface area (Å²) >= 11 is 0. The number of nitrogens with one attached hydrogen (secondary N) is 1. The Morgan fingerprint density at radius 1 is 1.15 bits per heavy atom. The maximum absolute atomic E-state index is 10.2. The molecule has 3 atom stereocenters. The average molecular weight is 183 g/mol. The lowest BCUT2D eigenvalue weighted by atomic mass is 9.67. The Kier molecular flexibility index (Phi) is 2.37. The van der Waals surface area contributed by atoms with Crippen molar-refractivity contribution in [2.45, 2.75) is 38.7 Å². The molecule has 0 aromatic carbocycles. The molecule has 0 spiro atoms. The van der Waals surface area contributed by atoms with Crippen LogP contribution >= 0.6 is 0 Å². The van der Waals surface area contributed by atoms with Crippen molar-refractivity contribution in [2.24, 2.45) is 17.8 Å². The number of hydrogen-bond acceptors (Lipinski definition) is 2. The Balaban J connectivity index is 1.94. The molecule has 1 aliphatic carbocycles. The quantitative estimate of drug-likeness (QED) is 0.644. The monoisotopic (exact) mass is 183 g/mol. The lowest BCUT2D eigenvalue weighted by Crippen LogP contribution is -2.64. The zero-order valence-corrected chi connectivity index (χ0v) is 8.71. The van der Waals surface area contributed by atoms with Crippen LogP contribution < -0.4 is 5.32 Å². The van der Waals surface area contributed by atoms with Crippen molar-refractivity contribution in [2.75, 3.05) is 13.1 Å². The van der Waals surface area contributed by atoms with E-state index in [1.54, 1.807) is 0 Å². The highest BCUT2D eigenvalue weighted by Gasteiger charge is 2.44. The first-order valence-electron chi connectivity index (χ1n) is 5.55. The van der Waals surface area contributed by atoms with Crippen molar-refractivity contribution in [1.29, 1.82) is 0 Å². The van der Waals surface area contributed by atoms with E-state index < -0.39 is 0 Å². The van der Waals surface area contributed by atoms with E-state index in [1.165, 1.54) is 19.3 Å². The third kappa shape index (κ3) is 1.62. The molecule has 0 aromatic rings. The molecule has 2 aliphatic rings. The van der Waals surface area contributed by atoms with Crippen LogP contribution in [0, 0.1) is 17.8 Å². The fourth-order valence-corrected chi connectivity index (χ4v) is 2.71. The number of aliphatic hydroxyl groups is 1. The number of hydrogen-bond donors (Lipinski definition) is 2. The van der Waals surface area contributed by atoms with Crippen molar-refractivity contribution >= 4 is 0 Å². The van der Waals surface area contributed by atoms with Crippen molar-refractivity contribution in [1.82, 2.24) is 5.32 Å². The molecule has 2 fully saturated rings. The van der Waals surface area contributed by atoms with Gasteiger partial charge in [-0.1, -0.05) is 20.3 Å². The minimum Gasteiger partial charge on any atom is -0.387 e. The minimum absolute atomic E-state index is 0.353. The maximum Gasteiger partial charge on any atom is 0.0923 e. The molecule has 2 heteroatoms. The molecule has 0 aromatic heterocycles. The van der Waals surface area contributed by atoms with E-state index >= 15 is 0 Å². The SMILES string of the molecule is CC1CCC(C2(O)CNC2)CC1C. The van der Waals surface area contributed by atoms with Crippen molar-refractivity contribution in [3.8, 4) is 0 Å². The maximum atomic E-state index is 10.2. The van der Waals surface area contributed by atoms with Gasteiger partial charge in [-0.2, -0.15) is 0 Å². The highest BCUT2D eigenvalue weighted by atomic mass is 16.3. The summed E-state index contributed by atoms with van der Waals surface area (Å²) in [5, 5.41) is 13.4. The van der Waals surface area contributed by atoms with E-state index in [1.807, 2.05) is 0 Å². The van der Waals surface area contributed by atoms with Crippen LogP contribution in [0.4, 0.5) is 0 Å². The summed E-state index contributed by atoms with van der Waals surface area (Å²) in [6.45, 7) is 6.30. The van der Waals surface area contributed by atoms with E-state index in [0.29, 0.717) is 5.92 Å². The fourth-order valence-electron chi connectivity index (χ4n) is 2.71. The standard InChI is InChI=1S/C11H21NO/c1-8-3-4-10(5-9(8)2)11(13)6-12-7-11/h8-10,12-13H,3-7H2,1-2H3. The summed E-state index contributed by atoms with van der Waals surface area (Å²) in [6, 6.07) is 0. The summed E-state index contributed by atoms with van der Waals surface area (Å²) in [7, 11) is 0. The summed E-state index contributed by atoms with van der Waals surface area (Å²) in [5.74, 6) is 2.20. The zero-order chi connectivity index (χ0) is 9.47. The normalized spacial score (nSPS) is 44.1. The van der Waals surface area contributed by atoms with Gasteiger partial charge < -0.3 is 10.4 Å². The fraction of sp³-hybridized carbons (Fsp3) is 1.00. The molecule has 2 N–H and O–H groups in total. The first kappa shape index (κ1) is 9.47. The molecule has 76 valence electrons. The molecule has 1 heterocycles. The second kappa shape index (κ2) is 3.25. The smallest absolute Gasteiger partial charge is 0.0923 e. The Labute approximate surface area is 80.7 Å². The molecule has 1 saturated carbocycles. The van der Waals surface area contributed by atoms with Crippen molar-refractivity contribution in [3.63, 3.8) is 0 Å². The Hall–Kier alpha value is -0.0800. The van der Waals surface area contributed by atoms with Crippen LogP contribution in [0.5, 0.6) is 0 Å². The third-order valence-electron chi connectivity index (χ3n) is 4.22. The summed E-state index contributed by atoms with van der Waals surface area (Å²) in [5.41, 5.74) is -0.353. The van der Waals surface area contributed by atoms with Gasteiger partial charge in [0.15, 0.2) is 0 Å². The summed E-state index contributed by atoms with van der Waals surface area (Å²) in [4.78, 5) is 0. The van der Waals surface area contributed by atoms with Crippen LogP contribution in [0.3, 0.4) is 0 Å². The molecule has 13 heavy (non-hydrogen) atoms. The van der Waals surface area contributed by atoms with Gasteiger partial charge in [0.05, 0.1) is 5.60 Å². The van der Waals surface area contributed by atoms with E-state index in [9.17, 15) is 5.11 Å². The average Bonchev–Trinajstić information content (AvgIpc) is 2.06. The van der Waals surface area contributed by atoms with E-state index in [-0.39, 0.29) is 5.60 Å². The van der Waals surface area contributed by atoms with Gasteiger partial charge in [0.25, 0.3) is 0 Å². The Bertz CT molecular complexity index is 189. The van der Waals surface area contributed by atoms with Crippen LogP contribution in [0.15, 0.2) is 0 Å². The minimum atomic E-state index is -0.353. The number of rotatable bonds is 1. The molecule has 2 rings (SSSR count). The van der Waals surface area contributed by atoms with Gasteiger partial charge in [-0.3, -0.25) is 0 Å². The first-order valence-corrected chi connectivity index (χ1v) is 5.55. The largest absolute Gasteiger partial charge is 0.387 e. The number of β-amino-alcohol motifs (C(OH)–C–C–N with tert-alkyl or cyclic N) is 1. The Morgan fingerprint density at radius 3 is 2.31 bits per heavy atom. The molecule has 2 nitrogen and oxygen atoms in total. The summed E-state index contributed by atoms with van der Waals surface area (Å²) < 4.78 is 0. The highest BCUT2D eigenvalue weighted by molar-refractivity contribution is 4.99. The van der Waals surface area contributed by atoms with Crippen molar-refractivity contribution < 1.29 is 5.11 Å². The molecule has 0 amide bonds. The second-order valence-electron chi connectivity index (χ2n) is 5.17. The van der Waals surface area contributed by atoms with Gasteiger partial charge in [-0.05, 0) is 30.6 Å². The lowest BCUT2D eigenvalue weighted by Gasteiger charge is -2.47. The van der Waals surface area contributed by atoms with E-state index in [4.69, 9.17) is 0 Å². The predicted octanol–water partition coefficient (Wildman–Crippen LogP) is 1.39. The molecule has 0 radical (unpaired) electrons. The highest BCUT2D eigenvalue weighted by Crippen LogP contribution is 2.40. The van der Waals surface area contributed by atoms with Gasteiger partial charge in [0.2, 0.25) is 0 Å². The van der Waals surface area contributed by atoms with E-state index in [2.05, 4.69) is 19.2 Å². The molecule has 0 bridgehead atoms.